The van der Waals surface area contributed by atoms with Crippen LogP contribution in [0.1, 0.15) is 25.7 Å². The van der Waals surface area contributed by atoms with Crippen molar-refractivity contribution in [1.82, 2.24) is 10.6 Å². The Balaban J connectivity index is 1.91. The summed E-state index contributed by atoms with van der Waals surface area (Å²) in [7, 11) is 0. The van der Waals surface area contributed by atoms with Crippen LogP contribution in [0.15, 0.2) is 0 Å². The molecule has 0 aromatic heterocycles. The Bertz CT molecular complexity index is 330. The van der Waals surface area contributed by atoms with Gasteiger partial charge in [0.1, 0.15) is 6.04 Å². The lowest BCUT2D eigenvalue weighted by molar-refractivity contribution is -0.123. The highest BCUT2D eigenvalue weighted by Crippen LogP contribution is 2.46. The quantitative estimate of drug-likeness (QED) is 0.620. The second-order valence-electron chi connectivity index (χ2n) is 4.37. The molecule has 1 saturated carbocycles. The zero-order chi connectivity index (χ0) is 10.9. The highest BCUT2D eigenvalue weighted by atomic mass is 16.2. The maximum Gasteiger partial charge on any atom is 0.223 e. The Morgan fingerprint density at radius 2 is 2.47 bits per heavy atom. The van der Waals surface area contributed by atoms with Crippen LogP contribution in [0, 0.1) is 17.2 Å². The number of nitrogens with one attached hydrogen (secondary N) is 2. The minimum absolute atomic E-state index is 0.0282. The molecule has 80 valence electrons. The van der Waals surface area contributed by atoms with Crippen LogP contribution in [-0.4, -0.2) is 23.9 Å². The van der Waals surface area contributed by atoms with Crippen molar-refractivity contribution in [1.29, 1.82) is 5.26 Å². The fourth-order valence-electron chi connectivity index (χ4n) is 2.17. The van der Waals surface area contributed by atoms with Crippen molar-refractivity contribution in [2.24, 2.45) is 5.92 Å². The molecule has 2 unspecified atom stereocenters. The number of carbonyl (C=O) groups excluding carboxylic acids is 2. The first kappa shape index (κ1) is 9.97. The number of nitrogens with zero attached hydrogens (tertiary/aromatic N) is 1. The molecular formula is C10H13N3O2. The van der Waals surface area contributed by atoms with Crippen LogP contribution in [-0.2, 0) is 9.59 Å². The molecule has 1 saturated heterocycles. The largest absolute Gasteiger partial charge is 0.350 e. The summed E-state index contributed by atoms with van der Waals surface area (Å²) in [6, 6.07) is 1.43. The fourth-order valence-corrected chi connectivity index (χ4v) is 2.17. The Morgan fingerprint density at radius 3 is 2.93 bits per heavy atom. The molecule has 2 fully saturated rings. The molecule has 2 aliphatic rings. The lowest BCUT2D eigenvalue weighted by Crippen LogP contribution is -2.31. The van der Waals surface area contributed by atoms with Gasteiger partial charge in [0.25, 0.3) is 0 Å². The molecule has 1 aliphatic heterocycles. The monoisotopic (exact) mass is 207 g/mol. The third-order valence-corrected chi connectivity index (χ3v) is 3.20. The van der Waals surface area contributed by atoms with Gasteiger partial charge < -0.3 is 10.6 Å². The molecule has 15 heavy (non-hydrogen) atoms. The van der Waals surface area contributed by atoms with Crippen molar-refractivity contribution in [2.45, 2.75) is 37.3 Å². The molecule has 2 atom stereocenters. The third-order valence-electron chi connectivity index (χ3n) is 3.20. The van der Waals surface area contributed by atoms with Crippen molar-refractivity contribution in [3.63, 3.8) is 0 Å². The summed E-state index contributed by atoms with van der Waals surface area (Å²) >= 11 is 0. The number of hydrogen-bond acceptors (Lipinski definition) is 3. The smallest absolute Gasteiger partial charge is 0.223 e. The molecule has 0 bridgehead atoms. The number of amides is 2. The maximum atomic E-state index is 11.5. The van der Waals surface area contributed by atoms with Crippen molar-refractivity contribution >= 4 is 12.3 Å². The van der Waals surface area contributed by atoms with Crippen LogP contribution in [0.5, 0.6) is 0 Å². The van der Waals surface area contributed by atoms with Gasteiger partial charge in [0.15, 0.2) is 0 Å². The Labute approximate surface area is 87.8 Å². The van der Waals surface area contributed by atoms with E-state index in [0.717, 1.165) is 19.3 Å². The van der Waals surface area contributed by atoms with E-state index in [4.69, 9.17) is 5.26 Å². The van der Waals surface area contributed by atoms with Crippen LogP contribution < -0.4 is 10.6 Å². The van der Waals surface area contributed by atoms with Gasteiger partial charge in [-0.25, -0.2) is 0 Å². The lowest BCUT2D eigenvalue weighted by atomic mass is 9.96. The van der Waals surface area contributed by atoms with Gasteiger partial charge in [-0.3, -0.25) is 9.59 Å². The predicted octanol–water partition coefficient (Wildman–Crippen LogP) is -0.317. The molecule has 0 aromatic rings. The van der Waals surface area contributed by atoms with E-state index in [2.05, 4.69) is 10.6 Å². The summed E-state index contributed by atoms with van der Waals surface area (Å²) in [5.74, 6) is -0.0925. The topological polar surface area (TPSA) is 82.0 Å². The third kappa shape index (κ3) is 1.94. The zero-order valence-corrected chi connectivity index (χ0v) is 8.32. The molecule has 0 radical (unpaired) electrons. The van der Waals surface area contributed by atoms with Crippen LogP contribution in [0.2, 0.25) is 0 Å². The fraction of sp³-hybridized carbons (Fsp3) is 0.700. The van der Waals surface area contributed by atoms with Gasteiger partial charge in [-0.2, -0.15) is 5.26 Å². The van der Waals surface area contributed by atoms with Crippen LogP contribution in [0.4, 0.5) is 0 Å². The predicted molar refractivity (Wildman–Crippen MR) is 51.4 cm³/mol. The lowest BCUT2D eigenvalue weighted by Gasteiger charge is -2.11. The molecule has 1 aliphatic carbocycles. The van der Waals surface area contributed by atoms with Crippen molar-refractivity contribution in [2.75, 3.05) is 0 Å². The Hall–Kier alpha value is -1.57. The molecule has 2 rings (SSSR count). The van der Waals surface area contributed by atoms with Gasteiger partial charge >= 0.3 is 0 Å². The molecule has 2 N–H and O–H groups in total. The van der Waals surface area contributed by atoms with Crippen molar-refractivity contribution < 1.29 is 9.59 Å². The van der Waals surface area contributed by atoms with Gasteiger partial charge in [0, 0.05) is 11.5 Å². The van der Waals surface area contributed by atoms with Gasteiger partial charge in [-0.1, -0.05) is 0 Å². The number of rotatable bonds is 4. The van der Waals surface area contributed by atoms with Crippen LogP contribution in [0.3, 0.4) is 0 Å². The van der Waals surface area contributed by atoms with Gasteiger partial charge in [0.2, 0.25) is 12.3 Å². The second-order valence-corrected chi connectivity index (χ2v) is 4.37. The molecule has 0 aromatic carbocycles. The van der Waals surface area contributed by atoms with Crippen molar-refractivity contribution in [3.05, 3.63) is 0 Å². The van der Waals surface area contributed by atoms with E-state index >= 15 is 0 Å². The summed E-state index contributed by atoms with van der Waals surface area (Å²) in [6.07, 6.45) is 3.84. The van der Waals surface area contributed by atoms with Gasteiger partial charge in [0.05, 0.1) is 6.07 Å². The van der Waals surface area contributed by atoms with Crippen molar-refractivity contribution in [3.8, 4) is 6.07 Å². The molecule has 5 nitrogen and oxygen atoms in total. The Kier molecular flexibility index (Phi) is 2.35. The van der Waals surface area contributed by atoms with E-state index in [1.165, 1.54) is 0 Å². The van der Waals surface area contributed by atoms with E-state index in [1.54, 1.807) is 0 Å². The average Bonchev–Trinajstić information content (AvgIpc) is 2.87. The van der Waals surface area contributed by atoms with E-state index in [9.17, 15) is 9.59 Å². The van der Waals surface area contributed by atoms with E-state index in [0.29, 0.717) is 12.8 Å². The number of carbonyl (C=O) groups is 2. The molecule has 2 amide bonds. The van der Waals surface area contributed by atoms with E-state index in [1.807, 2.05) is 6.07 Å². The summed E-state index contributed by atoms with van der Waals surface area (Å²) in [5.41, 5.74) is 0.0446. The normalized spacial score (nSPS) is 27.9. The first-order valence-electron chi connectivity index (χ1n) is 5.10. The van der Waals surface area contributed by atoms with Crippen LogP contribution in [0.25, 0.3) is 0 Å². The summed E-state index contributed by atoms with van der Waals surface area (Å²) < 4.78 is 0. The molecule has 5 heteroatoms. The zero-order valence-electron chi connectivity index (χ0n) is 8.32. The number of hydrogen-bond donors (Lipinski definition) is 2. The first-order valence-corrected chi connectivity index (χ1v) is 5.10. The standard InChI is InChI=1S/C10H13N3O2/c11-5-8(12-6-14)3-7-4-10(1-2-10)13-9(7)15/h6-8H,1-4H2,(H,12,14)(H,13,15). The molecular weight excluding hydrogens is 194 g/mol. The number of nitriles is 1. The summed E-state index contributed by atoms with van der Waals surface area (Å²) in [6.45, 7) is 0. The van der Waals surface area contributed by atoms with Gasteiger partial charge in [-0.15, -0.1) is 0 Å². The van der Waals surface area contributed by atoms with E-state index in [-0.39, 0.29) is 17.4 Å². The second kappa shape index (κ2) is 3.54. The molecule has 1 spiro atoms. The highest BCUT2D eigenvalue weighted by molar-refractivity contribution is 5.83. The Morgan fingerprint density at radius 1 is 1.73 bits per heavy atom. The highest BCUT2D eigenvalue weighted by Gasteiger charge is 2.52. The van der Waals surface area contributed by atoms with Gasteiger partial charge in [-0.05, 0) is 25.7 Å². The maximum absolute atomic E-state index is 11.5. The van der Waals surface area contributed by atoms with Crippen LogP contribution >= 0.6 is 0 Å². The van der Waals surface area contributed by atoms with E-state index < -0.39 is 6.04 Å². The first-order chi connectivity index (χ1) is 7.19. The molecule has 1 heterocycles. The summed E-state index contributed by atoms with van der Waals surface area (Å²) in [5, 5.41) is 14.1. The minimum Gasteiger partial charge on any atom is -0.350 e. The summed E-state index contributed by atoms with van der Waals surface area (Å²) in [4.78, 5) is 21.8. The average molecular weight is 207 g/mol. The SMILES string of the molecule is N#CC(CC1CC2(CC2)NC1=O)NC=O. The minimum atomic E-state index is -0.549.